The molecule has 1 saturated heterocycles. The Hall–Kier alpha value is -0.950. The number of hydrogen-bond donors (Lipinski definition) is 1. The van der Waals surface area contributed by atoms with Crippen LogP contribution in [0.2, 0.25) is 0 Å². The maximum absolute atomic E-state index is 12.4. The molecule has 0 aromatic carbocycles. The van der Waals surface area contributed by atoms with Gasteiger partial charge in [-0.25, -0.2) is 8.42 Å². The number of unbranched alkanes of at least 4 members (excludes halogenated alkanes) is 21. The van der Waals surface area contributed by atoms with Gasteiger partial charge in [-0.3, -0.25) is 14.5 Å². The molecule has 1 aliphatic heterocycles. The lowest BCUT2D eigenvalue weighted by atomic mass is 10.0. The molecule has 1 fully saturated rings. The van der Waals surface area contributed by atoms with Gasteiger partial charge in [-0.05, 0) is 13.3 Å². The summed E-state index contributed by atoms with van der Waals surface area (Å²) in [6.07, 6.45) is 27.5. The van der Waals surface area contributed by atoms with Crippen LogP contribution in [0.4, 0.5) is 0 Å². The molecule has 0 spiro atoms. The van der Waals surface area contributed by atoms with Crippen LogP contribution in [0.5, 0.6) is 0 Å². The Labute approximate surface area is 234 Å². The van der Waals surface area contributed by atoms with E-state index in [9.17, 15) is 23.1 Å². The number of hydrogen-bond acceptors (Lipinski definition) is 5. The topological polar surface area (TPSA) is 91.8 Å². The first kappa shape index (κ1) is 35.1. The molecule has 1 heterocycles. The van der Waals surface area contributed by atoms with Crippen LogP contribution in [0, 0.1) is 0 Å². The molecular formula is C31H59NO5S. The van der Waals surface area contributed by atoms with Crippen LogP contribution >= 0.6 is 0 Å². The second-order valence-corrected chi connectivity index (χ2v) is 13.9. The minimum atomic E-state index is -3.80. The van der Waals surface area contributed by atoms with Crippen molar-refractivity contribution in [1.82, 2.24) is 4.90 Å². The van der Waals surface area contributed by atoms with Crippen molar-refractivity contribution in [2.24, 2.45) is 0 Å². The number of carbonyl (C=O) groups is 2. The van der Waals surface area contributed by atoms with Gasteiger partial charge >= 0.3 is 0 Å². The van der Waals surface area contributed by atoms with E-state index in [1.807, 2.05) is 0 Å². The molecule has 6 nitrogen and oxygen atoms in total. The molecular weight excluding hydrogens is 498 g/mol. The molecule has 2 unspecified atom stereocenters. The van der Waals surface area contributed by atoms with Gasteiger partial charge in [0.05, 0.1) is 18.3 Å². The van der Waals surface area contributed by atoms with Crippen molar-refractivity contribution >= 4 is 21.7 Å². The summed E-state index contributed by atoms with van der Waals surface area (Å²) in [4.78, 5) is 25.7. The maximum atomic E-state index is 12.4. The molecule has 0 radical (unpaired) electrons. The summed E-state index contributed by atoms with van der Waals surface area (Å²) < 4.78 is 24.5. The number of aliphatic hydroxyl groups excluding tert-OH is 1. The molecule has 2 amide bonds. The van der Waals surface area contributed by atoms with Gasteiger partial charge in [-0.1, -0.05) is 142 Å². The second kappa shape index (κ2) is 21.8. The molecule has 38 heavy (non-hydrogen) atoms. The van der Waals surface area contributed by atoms with E-state index in [1.54, 1.807) is 0 Å². The van der Waals surface area contributed by atoms with Crippen LogP contribution in [0.1, 0.15) is 162 Å². The van der Waals surface area contributed by atoms with Crippen molar-refractivity contribution < 1.29 is 23.1 Å². The highest BCUT2D eigenvalue weighted by Crippen LogP contribution is 2.22. The monoisotopic (exact) mass is 557 g/mol. The highest BCUT2D eigenvalue weighted by atomic mass is 32.2. The molecule has 1 aliphatic rings. The zero-order valence-electron chi connectivity index (χ0n) is 24.8. The third-order valence-electron chi connectivity index (χ3n) is 7.84. The van der Waals surface area contributed by atoms with Gasteiger partial charge in [-0.15, -0.1) is 0 Å². The van der Waals surface area contributed by atoms with Gasteiger partial charge in [0.15, 0.2) is 9.84 Å². The van der Waals surface area contributed by atoms with E-state index in [2.05, 4.69) is 6.92 Å². The Morgan fingerprint density at radius 2 is 1.03 bits per heavy atom. The number of imide groups is 1. The van der Waals surface area contributed by atoms with Gasteiger partial charge in [-0.2, -0.15) is 0 Å². The molecule has 0 aromatic heterocycles. The third-order valence-corrected chi connectivity index (χ3v) is 10.0. The number of likely N-dealkylation sites (tertiary alicyclic amines) is 1. The Bertz CT molecular complexity index is 722. The number of aliphatic hydroxyl groups is 1. The molecule has 0 saturated carbocycles. The second-order valence-electron chi connectivity index (χ2n) is 11.7. The van der Waals surface area contributed by atoms with Crippen LogP contribution in [-0.2, 0) is 19.4 Å². The standard InChI is InChI=1S/C31H59NO5S/c1-3-4-5-6-7-8-9-10-11-12-13-14-15-16-17-18-19-20-21-22-23-24-25-32-30(34)26-29(31(32)35)38(36,37)27-28(2)33/h28-29,33H,3-27H2,1-2H3. The smallest absolute Gasteiger partial charge is 0.248 e. The Kier molecular flexibility index (Phi) is 20.1. The lowest BCUT2D eigenvalue weighted by molar-refractivity contribution is -0.138. The van der Waals surface area contributed by atoms with Crippen LogP contribution in [0.15, 0.2) is 0 Å². The van der Waals surface area contributed by atoms with Crippen molar-refractivity contribution in [1.29, 1.82) is 0 Å². The highest BCUT2D eigenvalue weighted by molar-refractivity contribution is 7.92. The van der Waals surface area contributed by atoms with Crippen molar-refractivity contribution in [3.05, 3.63) is 0 Å². The van der Waals surface area contributed by atoms with Gasteiger partial charge in [0, 0.05) is 6.54 Å². The number of sulfone groups is 1. The van der Waals surface area contributed by atoms with Crippen LogP contribution < -0.4 is 0 Å². The number of rotatable bonds is 26. The molecule has 0 aliphatic carbocycles. The first-order chi connectivity index (χ1) is 18.3. The summed E-state index contributed by atoms with van der Waals surface area (Å²) in [6, 6.07) is 0. The molecule has 0 bridgehead atoms. The summed E-state index contributed by atoms with van der Waals surface area (Å²) in [5.41, 5.74) is 0. The highest BCUT2D eigenvalue weighted by Gasteiger charge is 2.45. The Morgan fingerprint density at radius 3 is 1.37 bits per heavy atom. The molecule has 7 heteroatoms. The molecule has 2 atom stereocenters. The lowest BCUT2D eigenvalue weighted by Gasteiger charge is -2.15. The number of carbonyl (C=O) groups excluding carboxylic acids is 2. The summed E-state index contributed by atoms with van der Waals surface area (Å²) in [6.45, 7) is 3.95. The number of amides is 2. The summed E-state index contributed by atoms with van der Waals surface area (Å²) in [5.74, 6) is -1.50. The van der Waals surface area contributed by atoms with Gasteiger partial charge in [0.25, 0.3) is 0 Å². The van der Waals surface area contributed by atoms with E-state index >= 15 is 0 Å². The van der Waals surface area contributed by atoms with Crippen molar-refractivity contribution in [2.45, 2.75) is 173 Å². The molecule has 0 aromatic rings. The van der Waals surface area contributed by atoms with E-state index in [1.165, 1.54) is 129 Å². The normalized spacial score (nSPS) is 17.0. The van der Waals surface area contributed by atoms with Crippen LogP contribution in [0.25, 0.3) is 0 Å². The molecule has 1 N–H and O–H groups in total. The van der Waals surface area contributed by atoms with Crippen LogP contribution in [0.3, 0.4) is 0 Å². The predicted octanol–water partition coefficient (Wildman–Crippen LogP) is 7.51. The molecule has 224 valence electrons. The van der Waals surface area contributed by atoms with Gasteiger partial charge in [0.2, 0.25) is 11.8 Å². The average molecular weight is 558 g/mol. The minimum Gasteiger partial charge on any atom is -0.392 e. The Morgan fingerprint density at radius 1 is 0.684 bits per heavy atom. The van der Waals surface area contributed by atoms with E-state index < -0.39 is 38.8 Å². The van der Waals surface area contributed by atoms with E-state index in [0.29, 0.717) is 6.54 Å². The molecule has 1 rings (SSSR count). The van der Waals surface area contributed by atoms with Crippen molar-refractivity contribution in [3.63, 3.8) is 0 Å². The quantitative estimate of drug-likeness (QED) is 0.0877. The van der Waals surface area contributed by atoms with Crippen molar-refractivity contribution in [3.8, 4) is 0 Å². The van der Waals surface area contributed by atoms with E-state index in [4.69, 9.17) is 0 Å². The fourth-order valence-corrected chi connectivity index (χ4v) is 7.23. The van der Waals surface area contributed by atoms with Gasteiger partial charge in [0.1, 0.15) is 5.25 Å². The predicted molar refractivity (Wildman–Crippen MR) is 158 cm³/mol. The lowest BCUT2D eigenvalue weighted by Crippen LogP contribution is -2.38. The average Bonchev–Trinajstić information content (AvgIpc) is 3.15. The zero-order chi connectivity index (χ0) is 28.1. The van der Waals surface area contributed by atoms with E-state index in [-0.39, 0.29) is 6.42 Å². The maximum Gasteiger partial charge on any atom is 0.248 e. The number of nitrogens with zero attached hydrogens (tertiary/aromatic N) is 1. The first-order valence-electron chi connectivity index (χ1n) is 16.0. The zero-order valence-corrected chi connectivity index (χ0v) is 25.6. The van der Waals surface area contributed by atoms with Crippen molar-refractivity contribution in [2.75, 3.05) is 12.3 Å². The summed E-state index contributed by atoms with van der Waals surface area (Å²) in [7, 11) is -3.80. The van der Waals surface area contributed by atoms with Gasteiger partial charge < -0.3 is 5.11 Å². The fraction of sp³-hybridized carbons (Fsp3) is 0.935. The van der Waals surface area contributed by atoms with E-state index in [0.717, 1.165) is 24.2 Å². The Balaban J connectivity index is 1.88. The fourth-order valence-electron chi connectivity index (χ4n) is 5.50. The largest absolute Gasteiger partial charge is 0.392 e. The third kappa shape index (κ3) is 16.2. The summed E-state index contributed by atoms with van der Waals surface area (Å²) >= 11 is 0. The summed E-state index contributed by atoms with van der Waals surface area (Å²) in [5, 5.41) is 8.06. The van der Waals surface area contributed by atoms with Crippen LogP contribution in [-0.4, -0.2) is 53.9 Å². The minimum absolute atomic E-state index is 0.285. The SMILES string of the molecule is CCCCCCCCCCCCCCCCCCCCCCCCN1C(=O)CC(S(=O)(=O)CC(C)O)C1=O. The first-order valence-corrected chi connectivity index (χ1v) is 17.7.